The topological polar surface area (TPSA) is 72.2 Å². The molecule has 0 aromatic heterocycles. The third kappa shape index (κ3) is 2.57. The molecule has 6 heteroatoms. The van der Waals surface area contributed by atoms with Gasteiger partial charge in [0.25, 0.3) is 0 Å². The van der Waals surface area contributed by atoms with Crippen molar-refractivity contribution in [3.05, 3.63) is 23.0 Å². The minimum absolute atomic E-state index is 0.0216. The quantitative estimate of drug-likeness (QED) is 0.624. The van der Waals surface area contributed by atoms with E-state index >= 15 is 0 Å². The second-order valence-electron chi connectivity index (χ2n) is 3.57. The lowest BCUT2D eigenvalue weighted by atomic mass is 10.1. The Hall–Kier alpha value is -1.58. The first kappa shape index (κ1) is 13.5. The second-order valence-corrected chi connectivity index (χ2v) is 5.28. The van der Waals surface area contributed by atoms with Crippen LogP contribution in [0.2, 0.25) is 0 Å². The summed E-state index contributed by atoms with van der Waals surface area (Å²) in [6.45, 7) is 2.83. The molecule has 0 atom stereocenters. The molecule has 0 bridgehead atoms. The molecule has 0 amide bonds. The Balaban J connectivity index is 3.43. The van der Waals surface area contributed by atoms with E-state index < -0.39 is 15.8 Å². The number of hydrogen-bond donors (Lipinski definition) is 2. The molecule has 0 heterocycles. The summed E-state index contributed by atoms with van der Waals surface area (Å²) in [7, 11) is -3.76. The van der Waals surface area contributed by atoms with Crippen molar-refractivity contribution in [1.82, 2.24) is 4.72 Å². The maximum atomic E-state index is 13.3. The minimum Gasteiger partial charge on any atom is -0.396 e. The van der Waals surface area contributed by atoms with E-state index in [1.165, 1.54) is 13.8 Å². The molecule has 0 aliphatic carbocycles. The van der Waals surface area contributed by atoms with Gasteiger partial charge in [-0.15, -0.1) is 6.42 Å². The van der Waals surface area contributed by atoms with Crippen LogP contribution >= 0.6 is 0 Å². The number of sulfonamides is 1. The van der Waals surface area contributed by atoms with Crippen LogP contribution in [0.3, 0.4) is 0 Å². The van der Waals surface area contributed by atoms with Gasteiger partial charge in [0, 0.05) is 0 Å². The van der Waals surface area contributed by atoms with Gasteiger partial charge in [0.05, 0.1) is 17.1 Å². The Morgan fingerprint density at radius 3 is 2.65 bits per heavy atom. The zero-order valence-electron chi connectivity index (χ0n) is 9.54. The van der Waals surface area contributed by atoms with Crippen LogP contribution in [0.5, 0.6) is 0 Å². The van der Waals surface area contributed by atoms with Crippen LogP contribution in [-0.2, 0) is 10.0 Å². The molecule has 0 spiro atoms. The summed E-state index contributed by atoms with van der Waals surface area (Å²) < 4.78 is 39.3. The lowest BCUT2D eigenvalue weighted by Gasteiger charge is -2.13. The van der Waals surface area contributed by atoms with Crippen molar-refractivity contribution >= 4 is 15.7 Å². The number of anilines is 1. The third-order valence-corrected chi connectivity index (χ3v) is 4.03. The van der Waals surface area contributed by atoms with E-state index in [0.29, 0.717) is 5.56 Å². The highest BCUT2D eigenvalue weighted by Crippen LogP contribution is 2.27. The average molecular weight is 256 g/mol. The summed E-state index contributed by atoms with van der Waals surface area (Å²) in [6, 6.07) is 1.09. The molecule has 0 radical (unpaired) electrons. The highest BCUT2D eigenvalue weighted by Gasteiger charge is 2.22. The van der Waals surface area contributed by atoms with Gasteiger partial charge in [-0.3, -0.25) is 0 Å². The van der Waals surface area contributed by atoms with Gasteiger partial charge < -0.3 is 5.73 Å². The Kier molecular flexibility index (Phi) is 3.76. The van der Waals surface area contributed by atoms with Gasteiger partial charge in [-0.1, -0.05) is 5.92 Å². The number of nitrogen functional groups attached to an aromatic ring is 1. The Labute approximate surface area is 100 Å². The summed E-state index contributed by atoms with van der Waals surface area (Å²) in [5, 5.41) is 0. The number of nitrogens with two attached hydrogens (primary N) is 1. The highest BCUT2D eigenvalue weighted by atomic mass is 32.2. The summed E-state index contributed by atoms with van der Waals surface area (Å²) in [5.41, 5.74) is 5.78. The summed E-state index contributed by atoms with van der Waals surface area (Å²) >= 11 is 0. The number of rotatable bonds is 3. The first-order valence-electron chi connectivity index (χ1n) is 4.79. The Bertz CT molecular complexity index is 588. The fourth-order valence-electron chi connectivity index (χ4n) is 1.55. The second kappa shape index (κ2) is 4.73. The van der Waals surface area contributed by atoms with Crippen molar-refractivity contribution in [3.8, 4) is 12.3 Å². The molecule has 4 nitrogen and oxygen atoms in total. The summed E-state index contributed by atoms with van der Waals surface area (Å²) in [4.78, 5) is -0.0216. The van der Waals surface area contributed by atoms with Gasteiger partial charge in [-0.2, -0.15) is 4.72 Å². The Morgan fingerprint density at radius 1 is 1.53 bits per heavy atom. The predicted octanol–water partition coefficient (Wildman–Crippen LogP) is 0.936. The van der Waals surface area contributed by atoms with Gasteiger partial charge >= 0.3 is 0 Å². The fourth-order valence-corrected chi connectivity index (χ4v) is 2.97. The molecule has 0 aliphatic rings. The van der Waals surface area contributed by atoms with Gasteiger partial charge in [0.2, 0.25) is 10.0 Å². The van der Waals surface area contributed by atoms with Gasteiger partial charge in [-0.25, -0.2) is 12.8 Å². The highest BCUT2D eigenvalue weighted by molar-refractivity contribution is 7.89. The van der Waals surface area contributed by atoms with Crippen molar-refractivity contribution in [2.45, 2.75) is 18.7 Å². The van der Waals surface area contributed by atoms with Crippen LogP contribution in [-0.4, -0.2) is 15.0 Å². The van der Waals surface area contributed by atoms with Gasteiger partial charge in [0.1, 0.15) is 5.82 Å². The molecule has 1 aromatic rings. The first-order chi connectivity index (χ1) is 7.81. The molecule has 0 fully saturated rings. The van der Waals surface area contributed by atoms with Crippen LogP contribution in [0.15, 0.2) is 11.0 Å². The number of nitrogens with one attached hydrogen (secondary N) is 1. The predicted molar refractivity (Wildman–Crippen MR) is 64.3 cm³/mol. The standard InChI is InChI=1S/C11H13FN2O2S/c1-4-5-14-17(15,16)11-7(2)6-9(12)10(13)8(11)3/h1,6,14H,5,13H2,2-3H3. The normalized spacial score (nSPS) is 11.2. The van der Waals surface area contributed by atoms with E-state index in [-0.39, 0.29) is 22.7 Å². The van der Waals surface area contributed by atoms with E-state index in [0.717, 1.165) is 6.07 Å². The summed E-state index contributed by atoms with van der Waals surface area (Å²) in [5.74, 6) is 1.53. The molecule has 0 unspecified atom stereocenters. The lowest BCUT2D eigenvalue weighted by Crippen LogP contribution is -2.26. The number of aryl methyl sites for hydroxylation is 1. The maximum Gasteiger partial charge on any atom is 0.242 e. The van der Waals surface area contributed by atoms with E-state index in [1.807, 2.05) is 0 Å². The molecule has 3 N–H and O–H groups in total. The largest absolute Gasteiger partial charge is 0.396 e. The van der Waals surface area contributed by atoms with Gasteiger partial charge in [0.15, 0.2) is 0 Å². The molecule has 0 saturated carbocycles. The Morgan fingerprint density at radius 2 is 2.12 bits per heavy atom. The number of benzene rings is 1. The van der Waals surface area contributed by atoms with Crippen molar-refractivity contribution in [2.24, 2.45) is 0 Å². The number of halogens is 1. The zero-order chi connectivity index (χ0) is 13.2. The van der Waals surface area contributed by atoms with E-state index in [9.17, 15) is 12.8 Å². The minimum atomic E-state index is -3.76. The van der Waals surface area contributed by atoms with E-state index in [2.05, 4.69) is 10.6 Å². The SMILES string of the molecule is C#CCNS(=O)(=O)c1c(C)cc(F)c(N)c1C. The number of terminal acetylenes is 1. The van der Waals surface area contributed by atoms with Crippen LogP contribution in [0, 0.1) is 32.0 Å². The number of hydrogen-bond acceptors (Lipinski definition) is 3. The molecule has 1 rings (SSSR count). The molecule has 0 saturated heterocycles. The molecular formula is C11H13FN2O2S. The molecule has 0 aliphatic heterocycles. The van der Waals surface area contributed by atoms with Crippen LogP contribution in [0.4, 0.5) is 10.1 Å². The molecule has 1 aromatic carbocycles. The summed E-state index contributed by atoms with van der Waals surface area (Å²) in [6.07, 6.45) is 4.98. The van der Waals surface area contributed by atoms with Gasteiger partial charge in [-0.05, 0) is 31.0 Å². The monoisotopic (exact) mass is 256 g/mol. The van der Waals surface area contributed by atoms with Crippen LogP contribution < -0.4 is 10.5 Å². The maximum absolute atomic E-state index is 13.3. The van der Waals surface area contributed by atoms with Crippen molar-refractivity contribution in [1.29, 1.82) is 0 Å². The molecular weight excluding hydrogens is 243 g/mol. The molecule has 92 valence electrons. The van der Waals surface area contributed by atoms with E-state index in [4.69, 9.17) is 12.2 Å². The average Bonchev–Trinajstić information content (AvgIpc) is 2.23. The smallest absolute Gasteiger partial charge is 0.242 e. The third-order valence-electron chi connectivity index (χ3n) is 2.34. The van der Waals surface area contributed by atoms with Crippen molar-refractivity contribution in [2.75, 3.05) is 12.3 Å². The lowest BCUT2D eigenvalue weighted by molar-refractivity contribution is 0.583. The molecule has 17 heavy (non-hydrogen) atoms. The van der Waals surface area contributed by atoms with Crippen LogP contribution in [0.1, 0.15) is 11.1 Å². The van der Waals surface area contributed by atoms with Crippen LogP contribution in [0.25, 0.3) is 0 Å². The van der Waals surface area contributed by atoms with Crippen molar-refractivity contribution in [3.63, 3.8) is 0 Å². The van der Waals surface area contributed by atoms with E-state index in [1.54, 1.807) is 0 Å². The zero-order valence-corrected chi connectivity index (χ0v) is 10.4. The van der Waals surface area contributed by atoms with Crippen molar-refractivity contribution < 1.29 is 12.8 Å². The first-order valence-corrected chi connectivity index (χ1v) is 6.28. The fraction of sp³-hybridized carbons (Fsp3) is 0.273.